The van der Waals surface area contributed by atoms with Crippen LogP contribution in [0.15, 0.2) is 78.9 Å². The molecule has 0 heterocycles. The molecule has 3 aromatic rings. The summed E-state index contributed by atoms with van der Waals surface area (Å²) in [6.45, 7) is 2.50. The predicted molar refractivity (Wildman–Crippen MR) is 110 cm³/mol. The largest absolute Gasteiger partial charge is 0.497 e. The lowest BCUT2D eigenvalue weighted by atomic mass is 10.0. The number of ether oxygens (including phenoxy) is 4. The van der Waals surface area contributed by atoms with Gasteiger partial charge in [-0.3, -0.25) is 0 Å². The quantitative estimate of drug-likeness (QED) is 0.498. The number of para-hydroxylation sites is 2. The van der Waals surface area contributed by atoms with Crippen LogP contribution in [0, 0.1) is 0 Å². The second-order valence-electron chi connectivity index (χ2n) is 6.46. The van der Waals surface area contributed by atoms with Crippen LogP contribution in [0.25, 0.3) is 0 Å². The number of hydrogen-bond acceptors (Lipinski definition) is 4. The van der Waals surface area contributed by atoms with E-state index in [1.54, 1.807) is 14.2 Å². The number of methoxy groups -OCH3 is 2. The van der Waals surface area contributed by atoms with Gasteiger partial charge in [0, 0.05) is 5.56 Å². The highest BCUT2D eigenvalue weighted by molar-refractivity contribution is 5.37. The first kappa shape index (κ1) is 19.8. The second kappa shape index (κ2) is 9.81. The molecule has 2 unspecified atom stereocenters. The molecular formula is C24H26O4. The van der Waals surface area contributed by atoms with Crippen LogP contribution in [0.5, 0.6) is 17.2 Å². The van der Waals surface area contributed by atoms with Crippen LogP contribution in [0.4, 0.5) is 0 Å². The average Bonchev–Trinajstić information content (AvgIpc) is 2.77. The fourth-order valence-electron chi connectivity index (χ4n) is 3.00. The summed E-state index contributed by atoms with van der Waals surface area (Å²) >= 11 is 0. The minimum absolute atomic E-state index is 0.196. The summed E-state index contributed by atoms with van der Waals surface area (Å²) in [5.41, 5.74) is 2.03. The predicted octanol–water partition coefficient (Wildman–Crippen LogP) is 5.43. The van der Waals surface area contributed by atoms with Gasteiger partial charge in [-0.15, -0.1) is 0 Å². The van der Waals surface area contributed by atoms with Gasteiger partial charge in [-0.2, -0.15) is 0 Å². The zero-order valence-corrected chi connectivity index (χ0v) is 16.5. The van der Waals surface area contributed by atoms with Crippen LogP contribution in [-0.4, -0.2) is 20.3 Å². The number of benzene rings is 3. The molecule has 0 aromatic heterocycles. The fourth-order valence-corrected chi connectivity index (χ4v) is 3.00. The van der Waals surface area contributed by atoms with Crippen molar-refractivity contribution in [3.05, 3.63) is 90.0 Å². The van der Waals surface area contributed by atoms with E-state index in [2.05, 4.69) is 0 Å². The smallest absolute Gasteiger partial charge is 0.153 e. The van der Waals surface area contributed by atoms with Crippen molar-refractivity contribution in [3.63, 3.8) is 0 Å². The molecule has 3 rings (SSSR count). The monoisotopic (exact) mass is 378 g/mol. The Morgan fingerprint density at radius 1 is 0.714 bits per heavy atom. The molecule has 3 aromatic carbocycles. The molecule has 0 spiro atoms. The standard InChI is InChI=1S/C24H26O4/c1-18(27-17-19-13-15-20(25-2)16-14-19)24(28-21-9-5-4-6-10-21)22-11-7-8-12-23(22)26-3/h4-16,18,24H,17H2,1-3H3. The Labute approximate surface area is 166 Å². The maximum Gasteiger partial charge on any atom is 0.153 e. The van der Waals surface area contributed by atoms with Gasteiger partial charge >= 0.3 is 0 Å². The van der Waals surface area contributed by atoms with Gasteiger partial charge in [0.1, 0.15) is 17.2 Å². The Morgan fingerprint density at radius 3 is 2.07 bits per heavy atom. The average molecular weight is 378 g/mol. The van der Waals surface area contributed by atoms with Gasteiger partial charge in [0.15, 0.2) is 6.10 Å². The van der Waals surface area contributed by atoms with Crippen molar-refractivity contribution in [3.8, 4) is 17.2 Å². The van der Waals surface area contributed by atoms with E-state index < -0.39 is 0 Å². The molecule has 0 amide bonds. The number of rotatable bonds is 9. The van der Waals surface area contributed by atoms with Crippen LogP contribution >= 0.6 is 0 Å². The lowest BCUT2D eigenvalue weighted by molar-refractivity contribution is -0.0259. The molecule has 4 nitrogen and oxygen atoms in total. The summed E-state index contributed by atoms with van der Waals surface area (Å²) in [7, 11) is 3.33. The third kappa shape index (κ3) is 5.05. The fraction of sp³-hybridized carbons (Fsp3) is 0.250. The molecule has 0 aliphatic rings. The van der Waals surface area contributed by atoms with Gasteiger partial charge in [0.05, 0.1) is 26.9 Å². The summed E-state index contributed by atoms with van der Waals surface area (Å²) < 4.78 is 23.2. The molecule has 0 fully saturated rings. The summed E-state index contributed by atoms with van der Waals surface area (Å²) in [5.74, 6) is 2.40. The lowest BCUT2D eigenvalue weighted by Crippen LogP contribution is -2.24. The van der Waals surface area contributed by atoms with Crippen molar-refractivity contribution in [2.24, 2.45) is 0 Å². The van der Waals surface area contributed by atoms with Gasteiger partial charge in [-0.25, -0.2) is 0 Å². The van der Waals surface area contributed by atoms with Crippen LogP contribution in [0.1, 0.15) is 24.2 Å². The highest BCUT2D eigenvalue weighted by atomic mass is 16.5. The van der Waals surface area contributed by atoms with Gasteiger partial charge in [-0.05, 0) is 42.8 Å². The maximum absolute atomic E-state index is 6.30. The van der Waals surface area contributed by atoms with Crippen molar-refractivity contribution in [1.82, 2.24) is 0 Å². The molecule has 0 N–H and O–H groups in total. The molecule has 0 saturated heterocycles. The molecule has 146 valence electrons. The Morgan fingerprint density at radius 2 is 1.39 bits per heavy atom. The number of hydrogen-bond donors (Lipinski definition) is 0. The third-order valence-corrected chi connectivity index (χ3v) is 4.55. The van der Waals surface area contributed by atoms with E-state index in [0.717, 1.165) is 28.4 Å². The van der Waals surface area contributed by atoms with Crippen LogP contribution in [0.2, 0.25) is 0 Å². The van der Waals surface area contributed by atoms with Gasteiger partial charge in [0.25, 0.3) is 0 Å². The topological polar surface area (TPSA) is 36.9 Å². The van der Waals surface area contributed by atoms with Crippen molar-refractivity contribution in [2.75, 3.05) is 14.2 Å². The van der Waals surface area contributed by atoms with Crippen LogP contribution < -0.4 is 14.2 Å². The minimum atomic E-state index is -0.309. The summed E-state index contributed by atoms with van der Waals surface area (Å²) in [4.78, 5) is 0. The molecule has 0 saturated carbocycles. The van der Waals surface area contributed by atoms with E-state index >= 15 is 0 Å². The van der Waals surface area contributed by atoms with E-state index in [-0.39, 0.29) is 12.2 Å². The first-order valence-electron chi connectivity index (χ1n) is 9.30. The highest BCUT2D eigenvalue weighted by Gasteiger charge is 2.25. The zero-order chi connectivity index (χ0) is 19.8. The highest BCUT2D eigenvalue weighted by Crippen LogP contribution is 2.33. The molecule has 4 heteroatoms. The summed E-state index contributed by atoms with van der Waals surface area (Å²) in [6.07, 6.45) is -0.504. The third-order valence-electron chi connectivity index (χ3n) is 4.55. The van der Waals surface area contributed by atoms with E-state index in [0.29, 0.717) is 6.61 Å². The molecule has 0 bridgehead atoms. The van der Waals surface area contributed by atoms with Gasteiger partial charge < -0.3 is 18.9 Å². The Bertz CT molecular complexity index is 846. The summed E-state index contributed by atoms with van der Waals surface area (Å²) in [6, 6.07) is 25.5. The zero-order valence-electron chi connectivity index (χ0n) is 16.5. The van der Waals surface area contributed by atoms with E-state index in [9.17, 15) is 0 Å². The molecule has 0 aliphatic carbocycles. The normalized spacial score (nSPS) is 12.8. The Hall–Kier alpha value is -2.98. The van der Waals surface area contributed by atoms with Crippen molar-refractivity contribution in [1.29, 1.82) is 0 Å². The van der Waals surface area contributed by atoms with E-state index in [1.165, 1.54) is 0 Å². The van der Waals surface area contributed by atoms with Crippen LogP contribution in [0.3, 0.4) is 0 Å². The Kier molecular flexibility index (Phi) is 6.93. The second-order valence-corrected chi connectivity index (χ2v) is 6.46. The van der Waals surface area contributed by atoms with Crippen molar-refractivity contribution in [2.45, 2.75) is 25.7 Å². The summed E-state index contributed by atoms with van der Waals surface area (Å²) in [5, 5.41) is 0. The molecule has 0 aliphatic heterocycles. The van der Waals surface area contributed by atoms with Crippen molar-refractivity contribution < 1.29 is 18.9 Å². The van der Waals surface area contributed by atoms with Crippen molar-refractivity contribution >= 4 is 0 Å². The van der Waals surface area contributed by atoms with Gasteiger partial charge in [-0.1, -0.05) is 48.5 Å². The van der Waals surface area contributed by atoms with E-state index in [4.69, 9.17) is 18.9 Å². The first-order chi connectivity index (χ1) is 13.7. The molecule has 2 atom stereocenters. The SMILES string of the molecule is COc1ccc(COC(C)C(Oc2ccccc2)c2ccccc2OC)cc1. The molecule has 28 heavy (non-hydrogen) atoms. The van der Waals surface area contributed by atoms with E-state index in [1.807, 2.05) is 85.8 Å². The first-order valence-corrected chi connectivity index (χ1v) is 9.30. The van der Waals surface area contributed by atoms with Crippen LogP contribution in [-0.2, 0) is 11.3 Å². The maximum atomic E-state index is 6.30. The van der Waals surface area contributed by atoms with Gasteiger partial charge in [0.2, 0.25) is 0 Å². The Balaban J connectivity index is 1.78. The molecular weight excluding hydrogens is 352 g/mol. The lowest BCUT2D eigenvalue weighted by Gasteiger charge is -2.27. The molecule has 0 radical (unpaired) electrons. The minimum Gasteiger partial charge on any atom is -0.497 e.